The summed E-state index contributed by atoms with van der Waals surface area (Å²) in [6.07, 6.45) is 1.35. The molecule has 29 heavy (non-hydrogen) atoms. The second-order valence-electron chi connectivity index (χ2n) is 6.05. The molecule has 4 amide bonds. The molecule has 0 atom stereocenters. The number of hydrogen-bond acceptors (Lipinski definition) is 5. The predicted molar refractivity (Wildman–Crippen MR) is 110 cm³/mol. The van der Waals surface area contributed by atoms with Crippen molar-refractivity contribution in [2.24, 2.45) is 0 Å². The van der Waals surface area contributed by atoms with E-state index in [0.717, 1.165) is 4.90 Å². The molecule has 1 aliphatic heterocycles. The van der Waals surface area contributed by atoms with E-state index < -0.39 is 17.8 Å². The maximum absolute atomic E-state index is 13.0. The third kappa shape index (κ3) is 3.66. The van der Waals surface area contributed by atoms with E-state index in [9.17, 15) is 14.4 Å². The number of nitrogens with zero attached hydrogens (tertiary/aromatic N) is 1. The van der Waals surface area contributed by atoms with E-state index in [2.05, 4.69) is 5.32 Å². The molecule has 2 aromatic carbocycles. The summed E-state index contributed by atoms with van der Waals surface area (Å²) >= 11 is 12.2. The summed E-state index contributed by atoms with van der Waals surface area (Å²) < 4.78 is 10.7. The normalized spacial score (nSPS) is 15.6. The smallest absolute Gasteiger partial charge is 0.336 e. The number of methoxy groups -OCH3 is 2. The van der Waals surface area contributed by atoms with Gasteiger partial charge < -0.3 is 9.47 Å². The van der Waals surface area contributed by atoms with Gasteiger partial charge in [-0.25, -0.2) is 9.69 Å². The molecule has 0 spiro atoms. The number of imide groups is 2. The van der Waals surface area contributed by atoms with Crippen molar-refractivity contribution in [3.05, 3.63) is 57.1 Å². The number of halogens is 2. The highest BCUT2D eigenvalue weighted by molar-refractivity contribution is 6.46. The second-order valence-corrected chi connectivity index (χ2v) is 6.83. The molecule has 7 nitrogen and oxygen atoms in total. The lowest BCUT2D eigenvalue weighted by atomic mass is 10.0. The lowest BCUT2D eigenvalue weighted by molar-refractivity contribution is -0.122. The zero-order valence-corrected chi connectivity index (χ0v) is 17.2. The molecule has 0 bridgehead atoms. The fraction of sp³-hybridized carbons (Fsp3) is 0.150. The number of amides is 4. The van der Waals surface area contributed by atoms with Crippen molar-refractivity contribution >= 4 is 52.8 Å². The number of anilines is 1. The van der Waals surface area contributed by atoms with Crippen LogP contribution in [0.5, 0.6) is 11.5 Å². The quantitative estimate of drug-likeness (QED) is 0.580. The molecule has 1 N–H and O–H groups in total. The van der Waals surface area contributed by atoms with Gasteiger partial charge >= 0.3 is 6.03 Å². The van der Waals surface area contributed by atoms with Gasteiger partial charge in [0.15, 0.2) is 0 Å². The van der Waals surface area contributed by atoms with Crippen molar-refractivity contribution in [2.45, 2.75) is 6.92 Å². The topological polar surface area (TPSA) is 84.9 Å². The van der Waals surface area contributed by atoms with Crippen molar-refractivity contribution in [3.8, 4) is 11.5 Å². The van der Waals surface area contributed by atoms with Gasteiger partial charge in [-0.1, -0.05) is 29.3 Å². The lowest BCUT2D eigenvalue weighted by Crippen LogP contribution is -2.54. The van der Waals surface area contributed by atoms with Crippen molar-refractivity contribution in [3.63, 3.8) is 0 Å². The summed E-state index contributed by atoms with van der Waals surface area (Å²) in [7, 11) is 2.99. The minimum atomic E-state index is -0.917. The molecule has 1 aliphatic rings. The third-order valence-corrected chi connectivity index (χ3v) is 5.19. The van der Waals surface area contributed by atoms with Crippen LogP contribution in [0.3, 0.4) is 0 Å². The van der Waals surface area contributed by atoms with Gasteiger partial charge in [-0.3, -0.25) is 14.9 Å². The van der Waals surface area contributed by atoms with Gasteiger partial charge in [-0.05, 0) is 37.3 Å². The Morgan fingerprint density at radius 1 is 1.03 bits per heavy atom. The predicted octanol–water partition coefficient (Wildman–Crippen LogP) is 3.99. The first kappa shape index (κ1) is 20.7. The van der Waals surface area contributed by atoms with Crippen molar-refractivity contribution in [2.75, 3.05) is 19.1 Å². The monoisotopic (exact) mass is 434 g/mol. The van der Waals surface area contributed by atoms with Crippen LogP contribution in [0, 0.1) is 6.92 Å². The third-order valence-electron chi connectivity index (χ3n) is 4.38. The Bertz CT molecular complexity index is 1070. The molecular weight excluding hydrogens is 419 g/mol. The number of carbonyl (C=O) groups excluding carboxylic acids is 3. The Hall–Kier alpha value is -3.03. The Kier molecular flexibility index (Phi) is 5.81. The molecule has 3 rings (SSSR count). The maximum atomic E-state index is 13.0. The second kappa shape index (κ2) is 8.14. The Labute approximate surface area is 176 Å². The summed E-state index contributed by atoms with van der Waals surface area (Å²) in [5, 5.41) is 2.33. The van der Waals surface area contributed by atoms with Crippen molar-refractivity contribution in [1.82, 2.24) is 5.32 Å². The van der Waals surface area contributed by atoms with E-state index in [1.165, 1.54) is 32.4 Å². The molecule has 150 valence electrons. The minimum absolute atomic E-state index is 0.0178. The molecule has 0 aromatic heterocycles. The fourth-order valence-corrected chi connectivity index (χ4v) is 3.38. The van der Waals surface area contributed by atoms with Crippen LogP contribution < -0.4 is 19.7 Å². The Balaban J connectivity index is 2.12. The van der Waals surface area contributed by atoms with Gasteiger partial charge in [0, 0.05) is 11.1 Å². The van der Waals surface area contributed by atoms with E-state index in [1.807, 2.05) is 0 Å². The number of barbiturate groups is 1. The van der Waals surface area contributed by atoms with Gasteiger partial charge in [0.05, 0.1) is 30.0 Å². The van der Waals surface area contributed by atoms with Crippen LogP contribution in [-0.4, -0.2) is 32.1 Å². The van der Waals surface area contributed by atoms with Crippen molar-refractivity contribution in [1.29, 1.82) is 0 Å². The first-order valence-electron chi connectivity index (χ1n) is 8.37. The standard InChI is InChI=1S/C20H16Cl2N2O5/c1-10-15(28-2)8-7-11(17(10)29-3)9-12-18(25)23-20(27)24(19(12)26)14-6-4-5-13(21)16(14)22/h4-9H,1-3H3,(H,23,25,27)/b12-9-. The zero-order valence-electron chi connectivity index (χ0n) is 15.7. The van der Waals surface area contributed by atoms with Crippen LogP contribution in [0.4, 0.5) is 10.5 Å². The number of nitrogens with one attached hydrogen (secondary N) is 1. The molecule has 1 heterocycles. The van der Waals surface area contributed by atoms with Crippen LogP contribution >= 0.6 is 23.2 Å². The molecule has 1 saturated heterocycles. The number of rotatable bonds is 4. The molecule has 9 heteroatoms. The molecule has 1 fully saturated rings. The lowest BCUT2D eigenvalue weighted by Gasteiger charge is -2.27. The molecule has 0 saturated carbocycles. The number of hydrogen-bond donors (Lipinski definition) is 1. The van der Waals surface area contributed by atoms with Gasteiger partial charge in [-0.2, -0.15) is 0 Å². The van der Waals surface area contributed by atoms with Crippen LogP contribution in [0.1, 0.15) is 11.1 Å². The highest BCUT2D eigenvalue weighted by Crippen LogP contribution is 2.36. The average Bonchev–Trinajstić information content (AvgIpc) is 2.68. The highest BCUT2D eigenvalue weighted by atomic mass is 35.5. The van der Waals surface area contributed by atoms with E-state index >= 15 is 0 Å². The number of carbonyl (C=O) groups is 3. The molecule has 2 aromatic rings. The molecular formula is C20H16Cl2N2O5. The van der Waals surface area contributed by atoms with Crippen LogP contribution in [0.25, 0.3) is 6.08 Å². The van der Waals surface area contributed by atoms with Crippen LogP contribution in [-0.2, 0) is 9.59 Å². The number of ether oxygens (including phenoxy) is 2. The molecule has 0 radical (unpaired) electrons. The number of benzene rings is 2. The fourth-order valence-electron chi connectivity index (χ4n) is 3.00. The first-order valence-corrected chi connectivity index (χ1v) is 9.12. The van der Waals surface area contributed by atoms with E-state index in [4.69, 9.17) is 32.7 Å². The van der Waals surface area contributed by atoms with E-state index in [0.29, 0.717) is 22.6 Å². The van der Waals surface area contributed by atoms with E-state index in [1.54, 1.807) is 25.1 Å². The summed E-state index contributed by atoms with van der Waals surface area (Å²) in [4.78, 5) is 38.5. The Morgan fingerprint density at radius 3 is 2.41 bits per heavy atom. The largest absolute Gasteiger partial charge is 0.496 e. The summed E-state index contributed by atoms with van der Waals surface area (Å²) in [6, 6.07) is 6.93. The SMILES string of the molecule is COc1ccc(/C=C2/C(=O)NC(=O)N(c3cccc(Cl)c3Cl)C2=O)c(OC)c1C. The molecule has 0 unspecified atom stereocenters. The van der Waals surface area contributed by atoms with Crippen molar-refractivity contribution < 1.29 is 23.9 Å². The van der Waals surface area contributed by atoms with E-state index in [-0.39, 0.29) is 21.3 Å². The summed E-state index contributed by atoms with van der Waals surface area (Å²) in [5.74, 6) is -0.643. The first-order chi connectivity index (χ1) is 13.8. The van der Waals surface area contributed by atoms with Gasteiger partial charge in [0.25, 0.3) is 11.8 Å². The van der Waals surface area contributed by atoms with Crippen LogP contribution in [0.2, 0.25) is 10.0 Å². The van der Waals surface area contributed by atoms with Gasteiger partial charge in [-0.15, -0.1) is 0 Å². The summed E-state index contributed by atoms with van der Waals surface area (Å²) in [6.45, 7) is 1.78. The highest BCUT2D eigenvalue weighted by Gasteiger charge is 2.38. The minimum Gasteiger partial charge on any atom is -0.496 e. The Morgan fingerprint density at radius 2 is 1.76 bits per heavy atom. The van der Waals surface area contributed by atoms with Gasteiger partial charge in [0.2, 0.25) is 0 Å². The van der Waals surface area contributed by atoms with Crippen LogP contribution in [0.15, 0.2) is 35.9 Å². The average molecular weight is 435 g/mol. The number of urea groups is 1. The molecule has 0 aliphatic carbocycles. The van der Waals surface area contributed by atoms with Gasteiger partial charge in [0.1, 0.15) is 17.1 Å². The zero-order chi connectivity index (χ0) is 21.3. The maximum Gasteiger partial charge on any atom is 0.336 e. The summed E-state index contributed by atoms with van der Waals surface area (Å²) in [5.41, 5.74) is 0.969.